The number of hydrogen-bond acceptors (Lipinski definition) is 9. The van der Waals surface area contributed by atoms with Crippen molar-refractivity contribution in [1.29, 1.82) is 0 Å². The highest BCUT2D eigenvalue weighted by Gasteiger charge is 2.62. The van der Waals surface area contributed by atoms with Crippen LogP contribution >= 0.6 is 0 Å². The molecule has 1 aromatic carbocycles. The van der Waals surface area contributed by atoms with Crippen molar-refractivity contribution >= 4 is 22.8 Å². The minimum absolute atomic E-state index is 0.0292. The Morgan fingerprint density at radius 3 is 2.52 bits per heavy atom. The van der Waals surface area contributed by atoms with Gasteiger partial charge in [-0.25, -0.2) is 0 Å². The molecule has 2 N–H and O–H groups in total. The SMILES string of the molecule is CC(=NNc1ccc([N+](=O)[O-])cc1[N+](=O)[O-])[C@H]1[C@H](C[N+](=O)[O-])CC2C3CC=C4C[C@@H](O)CC[C@]4(C)C3CC[C@@]21C. The van der Waals surface area contributed by atoms with E-state index >= 15 is 0 Å². The third-order valence-electron chi connectivity index (χ3n) is 10.8. The molecular formula is C28H37N5O7. The molecule has 4 aliphatic carbocycles. The lowest BCUT2D eigenvalue weighted by Gasteiger charge is -2.58. The number of hydrogen-bond donors (Lipinski definition) is 2. The zero-order valence-electron chi connectivity index (χ0n) is 23.1. The zero-order chi connectivity index (χ0) is 29.0. The van der Waals surface area contributed by atoms with Crippen LogP contribution in [-0.4, -0.2) is 38.2 Å². The van der Waals surface area contributed by atoms with Gasteiger partial charge in [0.1, 0.15) is 5.69 Å². The lowest BCUT2D eigenvalue weighted by molar-refractivity contribution is -0.489. The highest BCUT2D eigenvalue weighted by atomic mass is 16.6. The van der Waals surface area contributed by atoms with Gasteiger partial charge in [-0.15, -0.1) is 0 Å². The number of non-ortho nitro benzene ring substituents is 1. The quantitative estimate of drug-likeness (QED) is 0.185. The number of anilines is 1. The monoisotopic (exact) mass is 555 g/mol. The fraction of sp³-hybridized carbons (Fsp3) is 0.679. The van der Waals surface area contributed by atoms with Crippen molar-refractivity contribution in [2.75, 3.05) is 12.0 Å². The molecule has 0 radical (unpaired) electrons. The molecule has 0 aliphatic heterocycles. The Kier molecular flexibility index (Phi) is 7.18. The number of nitro benzene ring substituents is 2. The van der Waals surface area contributed by atoms with E-state index in [9.17, 15) is 35.4 Å². The fourth-order valence-electron chi connectivity index (χ4n) is 9.11. The van der Waals surface area contributed by atoms with Crippen molar-refractivity contribution in [3.8, 4) is 0 Å². The van der Waals surface area contributed by atoms with Gasteiger partial charge in [-0.1, -0.05) is 25.5 Å². The lowest BCUT2D eigenvalue weighted by Crippen LogP contribution is -2.51. The van der Waals surface area contributed by atoms with Crippen molar-refractivity contribution in [2.24, 2.45) is 45.5 Å². The molecule has 0 aromatic heterocycles. The second-order valence-electron chi connectivity index (χ2n) is 12.8. The van der Waals surface area contributed by atoms with Crippen LogP contribution in [0.25, 0.3) is 0 Å². The van der Waals surface area contributed by atoms with Crippen LogP contribution in [0.15, 0.2) is 34.9 Å². The molecule has 3 unspecified atom stereocenters. The maximum Gasteiger partial charge on any atom is 0.301 e. The number of allylic oxidation sites excluding steroid dienone is 1. The number of nitrogens with one attached hydrogen (secondary N) is 1. The summed E-state index contributed by atoms with van der Waals surface area (Å²) in [7, 11) is 0. The van der Waals surface area contributed by atoms with Gasteiger partial charge in [-0.2, -0.15) is 5.10 Å². The molecule has 216 valence electrons. The van der Waals surface area contributed by atoms with E-state index < -0.39 is 21.2 Å². The third kappa shape index (κ3) is 4.65. The Hall–Kier alpha value is -3.41. The molecule has 8 atom stereocenters. The van der Waals surface area contributed by atoms with Crippen molar-refractivity contribution in [2.45, 2.75) is 71.8 Å². The molecule has 5 rings (SSSR count). The van der Waals surface area contributed by atoms with Crippen LogP contribution < -0.4 is 5.43 Å². The van der Waals surface area contributed by atoms with Gasteiger partial charge < -0.3 is 5.11 Å². The van der Waals surface area contributed by atoms with E-state index in [0.29, 0.717) is 17.5 Å². The molecule has 0 spiro atoms. The number of hydrazone groups is 1. The highest BCUT2D eigenvalue weighted by Crippen LogP contribution is 2.67. The third-order valence-corrected chi connectivity index (χ3v) is 10.8. The number of fused-ring (bicyclic) bond motifs is 5. The molecule has 4 aliphatic rings. The molecule has 3 saturated carbocycles. The minimum Gasteiger partial charge on any atom is -0.393 e. The van der Waals surface area contributed by atoms with E-state index in [-0.39, 0.29) is 51.8 Å². The second kappa shape index (κ2) is 10.2. The molecule has 1 aromatic rings. The average molecular weight is 556 g/mol. The Morgan fingerprint density at radius 1 is 1.10 bits per heavy atom. The molecule has 3 fully saturated rings. The molecule has 12 heteroatoms. The van der Waals surface area contributed by atoms with Gasteiger partial charge in [0.05, 0.1) is 22.0 Å². The van der Waals surface area contributed by atoms with Crippen LogP contribution in [0.5, 0.6) is 0 Å². The van der Waals surface area contributed by atoms with Gasteiger partial charge in [0, 0.05) is 28.5 Å². The van der Waals surface area contributed by atoms with E-state index in [4.69, 9.17) is 0 Å². The van der Waals surface area contributed by atoms with Crippen LogP contribution in [0.2, 0.25) is 0 Å². The smallest absolute Gasteiger partial charge is 0.301 e. The van der Waals surface area contributed by atoms with Crippen molar-refractivity contribution in [3.05, 3.63) is 60.2 Å². The van der Waals surface area contributed by atoms with Crippen molar-refractivity contribution in [1.82, 2.24) is 0 Å². The summed E-state index contributed by atoms with van der Waals surface area (Å²) in [6.45, 7) is 6.24. The van der Waals surface area contributed by atoms with Gasteiger partial charge in [0.25, 0.3) is 5.69 Å². The molecule has 12 nitrogen and oxygen atoms in total. The lowest BCUT2D eigenvalue weighted by atomic mass is 9.47. The van der Waals surface area contributed by atoms with Crippen LogP contribution in [0, 0.1) is 70.8 Å². The Labute approximate surface area is 232 Å². The number of nitro groups is 3. The summed E-state index contributed by atoms with van der Waals surface area (Å²) in [5.41, 5.74) is 3.80. The summed E-state index contributed by atoms with van der Waals surface area (Å²) in [5, 5.41) is 49.2. The number of aliphatic hydroxyl groups is 1. The molecule has 40 heavy (non-hydrogen) atoms. The molecule has 0 saturated heterocycles. The first kappa shape index (κ1) is 28.1. The van der Waals surface area contributed by atoms with E-state index in [1.807, 2.05) is 6.92 Å². The number of rotatable bonds is 7. The number of nitrogens with zero attached hydrogens (tertiary/aromatic N) is 4. The molecule has 0 bridgehead atoms. The zero-order valence-corrected chi connectivity index (χ0v) is 23.1. The predicted octanol–water partition coefficient (Wildman–Crippen LogP) is 5.73. The predicted molar refractivity (Wildman–Crippen MR) is 148 cm³/mol. The standard InChI is InChI=1S/C28H37N5O7/c1-16(29-30-24-7-5-19(32(37)38)14-25(24)33(39)40)26-17(15-31(35)36)12-23-21-6-4-18-13-20(34)8-10-27(18,2)22(21)9-11-28(23,26)3/h4-5,7,14,17,20-23,26,30,34H,6,8-13,15H2,1-3H3/t17-,20-,21?,22?,23?,26-,27-,28-/m0/s1. The van der Waals surface area contributed by atoms with Crippen LogP contribution in [0.1, 0.15) is 65.7 Å². The van der Waals surface area contributed by atoms with Gasteiger partial charge in [-0.05, 0) is 86.5 Å². The molecule has 0 heterocycles. The highest BCUT2D eigenvalue weighted by molar-refractivity contribution is 5.87. The number of benzene rings is 1. The summed E-state index contributed by atoms with van der Waals surface area (Å²) >= 11 is 0. The summed E-state index contributed by atoms with van der Waals surface area (Å²) in [4.78, 5) is 32.8. The summed E-state index contributed by atoms with van der Waals surface area (Å²) in [5.74, 6) is 0.763. The summed E-state index contributed by atoms with van der Waals surface area (Å²) in [6.07, 6.45) is 8.14. The van der Waals surface area contributed by atoms with Gasteiger partial charge in [0.2, 0.25) is 6.54 Å². The van der Waals surface area contributed by atoms with Gasteiger partial charge >= 0.3 is 5.69 Å². The second-order valence-corrected chi connectivity index (χ2v) is 12.8. The summed E-state index contributed by atoms with van der Waals surface area (Å²) in [6, 6.07) is 3.34. The van der Waals surface area contributed by atoms with Crippen molar-refractivity contribution in [3.63, 3.8) is 0 Å². The van der Waals surface area contributed by atoms with E-state index in [1.165, 1.54) is 17.7 Å². The van der Waals surface area contributed by atoms with Gasteiger partial charge in [-0.3, -0.25) is 35.8 Å². The first-order valence-electron chi connectivity index (χ1n) is 14.1. The molecule has 0 amide bonds. The molecular weight excluding hydrogens is 518 g/mol. The minimum atomic E-state index is -0.695. The Morgan fingerprint density at radius 2 is 1.85 bits per heavy atom. The Balaban J connectivity index is 1.45. The number of aliphatic hydroxyl groups excluding tert-OH is 1. The van der Waals surface area contributed by atoms with E-state index in [2.05, 4.69) is 30.5 Å². The first-order valence-corrected chi connectivity index (χ1v) is 14.1. The van der Waals surface area contributed by atoms with Crippen molar-refractivity contribution < 1.29 is 19.9 Å². The van der Waals surface area contributed by atoms with E-state index in [1.54, 1.807) is 0 Å². The van der Waals surface area contributed by atoms with Crippen LogP contribution in [-0.2, 0) is 0 Å². The van der Waals surface area contributed by atoms with E-state index in [0.717, 1.165) is 51.0 Å². The largest absolute Gasteiger partial charge is 0.393 e. The maximum absolute atomic E-state index is 11.8. The average Bonchev–Trinajstić information content (AvgIpc) is 3.18. The topological polar surface area (TPSA) is 174 Å². The normalized spacial score (nSPS) is 37.0. The van der Waals surface area contributed by atoms with Gasteiger partial charge in [0.15, 0.2) is 0 Å². The first-order chi connectivity index (χ1) is 18.8. The van der Waals surface area contributed by atoms with Crippen LogP contribution in [0.4, 0.5) is 17.1 Å². The van der Waals surface area contributed by atoms with Crippen LogP contribution in [0.3, 0.4) is 0 Å². The fourth-order valence-corrected chi connectivity index (χ4v) is 9.11. The maximum atomic E-state index is 11.8. The summed E-state index contributed by atoms with van der Waals surface area (Å²) < 4.78 is 0. The Bertz CT molecular complexity index is 1300.